The second kappa shape index (κ2) is 4.52. The molecule has 0 amide bonds. The van der Waals surface area contributed by atoms with Crippen LogP contribution in [-0.2, 0) is 0 Å². The first-order valence-corrected chi connectivity index (χ1v) is 3.92. The van der Waals surface area contributed by atoms with Crippen LogP contribution in [0.25, 0.3) is 0 Å². The van der Waals surface area contributed by atoms with Crippen LogP contribution in [-0.4, -0.2) is 18.1 Å². The fourth-order valence-corrected chi connectivity index (χ4v) is 0.924. The molecule has 76 valence electrons. The molecule has 1 rings (SSSR count). The van der Waals surface area contributed by atoms with E-state index in [0.29, 0.717) is 0 Å². The third-order valence-electron chi connectivity index (χ3n) is 1.49. The van der Waals surface area contributed by atoms with E-state index >= 15 is 0 Å². The van der Waals surface area contributed by atoms with Gasteiger partial charge in [0.1, 0.15) is 12.4 Å². The highest BCUT2D eigenvalue weighted by molar-refractivity contribution is 5.46. The van der Waals surface area contributed by atoms with Gasteiger partial charge in [0.05, 0.1) is 11.0 Å². The highest BCUT2D eigenvalue weighted by atomic mass is 19.1. The number of nitrogens with zero attached hydrogens (tertiary/aromatic N) is 1. The second-order valence-corrected chi connectivity index (χ2v) is 2.51. The zero-order chi connectivity index (χ0) is 10.6. The van der Waals surface area contributed by atoms with E-state index in [9.17, 15) is 14.5 Å². The molecule has 2 N–H and O–H groups in total. The number of hydrogen-bond acceptors (Lipinski definition) is 4. The highest BCUT2D eigenvalue weighted by Crippen LogP contribution is 2.27. The maximum absolute atomic E-state index is 12.6. The summed E-state index contributed by atoms with van der Waals surface area (Å²) >= 11 is 0. The van der Waals surface area contributed by atoms with Gasteiger partial charge in [-0.2, -0.15) is 0 Å². The predicted molar refractivity (Wildman–Crippen MR) is 47.6 cm³/mol. The molecule has 0 fully saturated rings. The van der Waals surface area contributed by atoms with Gasteiger partial charge in [0.2, 0.25) is 0 Å². The molecule has 0 atom stereocenters. The minimum atomic E-state index is -0.699. The number of rotatable bonds is 4. The molecule has 5 nitrogen and oxygen atoms in total. The van der Waals surface area contributed by atoms with Crippen LogP contribution in [0.5, 0.6) is 5.75 Å². The lowest BCUT2D eigenvalue weighted by Crippen LogP contribution is -2.11. The molecule has 0 aliphatic heterocycles. The molecule has 0 saturated heterocycles. The lowest BCUT2D eigenvalue weighted by molar-refractivity contribution is -0.386. The minimum Gasteiger partial charge on any atom is -0.485 e. The number of ether oxygens (including phenoxy) is 1. The Morgan fingerprint density at radius 3 is 2.86 bits per heavy atom. The van der Waals surface area contributed by atoms with E-state index in [1.54, 1.807) is 0 Å². The van der Waals surface area contributed by atoms with Crippen molar-refractivity contribution in [3.05, 3.63) is 34.1 Å². The summed E-state index contributed by atoms with van der Waals surface area (Å²) in [7, 11) is 0. The van der Waals surface area contributed by atoms with Crippen molar-refractivity contribution < 1.29 is 14.1 Å². The van der Waals surface area contributed by atoms with Gasteiger partial charge in [-0.25, -0.2) is 4.39 Å². The van der Waals surface area contributed by atoms with Crippen LogP contribution in [0.1, 0.15) is 0 Å². The zero-order valence-electron chi connectivity index (χ0n) is 7.27. The average molecular weight is 200 g/mol. The topological polar surface area (TPSA) is 78.4 Å². The fraction of sp³-hybridized carbons (Fsp3) is 0.250. The lowest BCUT2D eigenvalue weighted by Gasteiger charge is -2.04. The van der Waals surface area contributed by atoms with Crippen LogP contribution >= 0.6 is 0 Å². The summed E-state index contributed by atoms with van der Waals surface area (Å²) in [5, 5.41) is 10.5. The SMILES string of the molecule is NCCOc1ccc(F)cc1[N+](=O)[O-]. The quantitative estimate of drug-likeness (QED) is 0.582. The van der Waals surface area contributed by atoms with E-state index in [2.05, 4.69) is 0 Å². The van der Waals surface area contributed by atoms with Crippen LogP contribution in [0.4, 0.5) is 10.1 Å². The Morgan fingerprint density at radius 2 is 2.29 bits per heavy atom. The van der Waals surface area contributed by atoms with Gasteiger partial charge in [0.25, 0.3) is 0 Å². The Labute approximate surface area is 79.4 Å². The molecule has 0 aliphatic rings. The van der Waals surface area contributed by atoms with E-state index in [1.165, 1.54) is 6.07 Å². The molecular weight excluding hydrogens is 191 g/mol. The van der Waals surface area contributed by atoms with Crippen molar-refractivity contribution in [3.8, 4) is 5.75 Å². The van der Waals surface area contributed by atoms with E-state index in [1.807, 2.05) is 0 Å². The molecular formula is C8H9FN2O3. The Bertz CT molecular complexity index is 343. The van der Waals surface area contributed by atoms with E-state index in [-0.39, 0.29) is 18.9 Å². The molecule has 1 aromatic carbocycles. The number of hydrogen-bond donors (Lipinski definition) is 1. The number of nitro benzene ring substituents is 1. The maximum Gasteiger partial charge on any atom is 0.313 e. The number of benzene rings is 1. The first-order valence-electron chi connectivity index (χ1n) is 3.92. The molecule has 14 heavy (non-hydrogen) atoms. The van der Waals surface area contributed by atoms with E-state index < -0.39 is 16.4 Å². The van der Waals surface area contributed by atoms with Crippen molar-refractivity contribution in [3.63, 3.8) is 0 Å². The van der Waals surface area contributed by atoms with Crippen LogP contribution in [0.15, 0.2) is 18.2 Å². The summed E-state index contributed by atoms with van der Waals surface area (Å²) in [6.07, 6.45) is 0. The number of nitro groups is 1. The summed E-state index contributed by atoms with van der Waals surface area (Å²) in [5.74, 6) is -0.640. The van der Waals surface area contributed by atoms with Gasteiger partial charge in [-0.05, 0) is 12.1 Å². The Kier molecular flexibility index (Phi) is 3.35. The average Bonchev–Trinajstić information content (AvgIpc) is 2.15. The predicted octanol–water partition coefficient (Wildman–Crippen LogP) is 1.07. The van der Waals surface area contributed by atoms with Crippen molar-refractivity contribution in [2.45, 2.75) is 0 Å². The van der Waals surface area contributed by atoms with Crippen LogP contribution < -0.4 is 10.5 Å². The monoisotopic (exact) mass is 200 g/mol. The molecule has 0 saturated carbocycles. The Balaban J connectivity index is 2.96. The first-order chi connectivity index (χ1) is 6.65. The van der Waals surface area contributed by atoms with Gasteiger partial charge in [-0.3, -0.25) is 10.1 Å². The Morgan fingerprint density at radius 1 is 1.57 bits per heavy atom. The smallest absolute Gasteiger partial charge is 0.313 e. The van der Waals surface area contributed by atoms with Crippen molar-refractivity contribution in [1.29, 1.82) is 0 Å². The van der Waals surface area contributed by atoms with Crippen molar-refractivity contribution >= 4 is 5.69 Å². The van der Waals surface area contributed by atoms with E-state index in [4.69, 9.17) is 10.5 Å². The first kappa shape index (κ1) is 10.4. The van der Waals surface area contributed by atoms with Crippen molar-refractivity contribution in [2.24, 2.45) is 5.73 Å². The highest BCUT2D eigenvalue weighted by Gasteiger charge is 2.15. The van der Waals surface area contributed by atoms with E-state index in [0.717, 1.165) is 12.1 Å². The molecule has 0 bridgehead atoms. The third-order valence-corrected chi connectivity index (χ3v) is 1.49. The molecule has 1 aromatic rings. The molecule has 0 radical (unpaired) electrons. The summed E-state index contributed by atoms with van der Waals surface area (Å²) in [6, 6.07) is 3.12. The summed E-state index contributed by atoms with van der Waals surface area (Å²) in [6.45, 7) is 0.404. The van der Waals surface area contributed by atoms with Gasteiger partial charge in [0, 0.05) is 6.54 Å². The second-order valence-electron chi connectivity index (χ2n) is 2.51. The fourth-order valence-electron chi connectivity index (χ4n) is 0.924. The standard InChI is InChI=1S/C8H9FN2O3/c9-6-1-2-8(14-4-3-10)7(5-6)11(12)13/h1-2,5H,3-4,10H2. The normalized spacial score (nSPS) is 9.86. The molecule has 0 aliphatic carbocycles. The molecule has 0 heterocycles. The van der Waals surface area contributed by atoms with Gasteiger partial charge in [-0.1, -0.05) is 0 Å². The summed E-state index contributed by atoms with van der Waals surface area (Å²) in [5.41, 5.74) is 4.77. The van der Waals surface area contributed by atoms with Crippen LogP contribution in [0.2, 0.25) is 0 Å². The largest absolute Gasteiger partial charge is 0.485 e. The maximum atomic E-state index is 12.6. The van der Waals surface area contributed by atoms with Crippen molar-refractivity contribution in [2.75, 3.05) is 13.2 Å². The molecule has 0 spiro atoms. The van der Waals surface area contributed by atoms with Gasteiger partial charge >= 0.3 is 5.69 Å². The van der Waals surface area contributed by atoms with Crippen LogP contribution in [0, 0.1) is 15.9 Å². The molecule has 6 heteroatoms. The van der Waals surface area contributed by atoms with Gasteiger partial charge < -0.3 is 10.5 Å². The van der Waals surface area contributed by atoms with Gasteiger partial charge in [0.15, 0.2) is 5.75 Å². The molecule has 0 aromatic heterocycles. The molecule has 0 unspecified atom stereocenters. The third kappa shape index (κ3) is 2.40. The zero-order valence-corrected chi connectivity index (χ0v) is 7.27. The summed E-state index contributed by atoms with van der Waals surface area (Å²) in [4.78, 5) is 9.77. The number of halogens is 1. The Hall–Kier alpha value is -1.69. The lowest BCUT2D eigenvalue weighted by atomic mass is 10.3. The summed E-state index contributed by atoms with van der Waals surface area (Å²) < 4.78 is 17.6. The van der Waals surface area contributed by atoms with Crippen LogP contribution in [0.3, 0.4) is 0 Å². The van der Waals surface area contributed by atoms with Crippen molar-refractivity contribution in [1.82, 2.24) is 0 Å². The van der Waals surface area contributed by atoms with Gasteiger partial charge in [-0.15, -0.1) is 0 Å². The number of nitrogens with two attached hydrogens (primary N) is 1. The minimum absolute atomic E-state index is 0.0295.